The number of rotatable bonds is 8. The molecule has 1 saturated heterocycles. The van der Waals surface area contributed by atoms with Crippen LogP contribution in [0.15, 0.2) is 27.1 Å². The van der Waals surface area contributed by atoms with Crippen molar-refractivity contribution in [1.82, 2.24) is 10.2 Å². The second-order valence-electron chi connectivity index (χ2n) is 7.04. The first-order valence-electron chi connectivity index (χ1n) is 9.94. The number of imide groups is 1. The Bertz CT molecular complexity index is 1040. The van der Waals surface area contributed by atoms with Gasteiger partial charge in [0.1, 0.15) is 24.3 Å². The lowest BCUT2D eigenvalue weighted by atomic mass is 9.93. The third-order valence-corrected chi connectivity index (χ3v) is 5.82. The smallest absolute Gasteiger partial charge is 0.374 e. The summed E-state index contributed by atoms with van der Waals surface area (Å²) in [7, 11) is 0. The number of nitrogens with one attached hydrogen (secondary N) is 1. The van der Waals surface area contributed by atoms with Crippen LogP contribution in [0, 0.1) is 0 Å². The lowest BCUT2D eigenvalue weighted by Gasteiger charge is -2.22. The van der Waals surface area contributed by atoms with Gasteiger partial charge in [-0.05, 0) is 38.0 Å². The number of benzene rings is 1. The number of furan rings is 1. The van der Waals surface area contributed by atoms with Crippen LogP contribution < -0.4 is 5.32 Å². The minimum Gasteiger partial charge on any atom is -0.460 e. The molecule has 1 aliphatic heterocycles. The van der Waals surface area contributed by atoms with E-state index in [4.69, 9.17) is 13.9 Å². The van der Waals surface area contributed by atoms with Gasteiger partial charge in [0, 0.05) is 9.86 Å². The molecule has 1 aromatic heterocycles. The van der Waals surface area contributed by atoms with Crippen molar-refractivity contribution in [1.29, 1.82) is 0 Å². The average molecular weight is 495 g/mol. The van der Waals surface area contributed by atoms with Crippen LogP contribution in [0.5, 0.6) is 0 Å². The number of amides is 3. The quantitative estimate of drug-likeness (QED) is 0.440. The minimum atomic E-state index is -0.999. The van der Waals surface area contributed by atoms with Crippen molar-refractivity contribution >= 4 is 50.8 Å². The summed E-state index contributed by atoms with van der Waals surface area (Å²) >= 11 is 3.37. The van der Waals surface area contributed by atoms with Gasteiger partial charge < -0.3 is 19.2 Å². The molecular formula is C21H23BrN2O7. The molecule has 2 heterocycles. The maximum atomic E-state index is 12.6. The normalized spacial score (nSPS) is 15.3. The highest BCUT2D eigenvalue weighted by Crippen LogP contribution is 2.30. The molecule has 3 amide bonds. The highest BCUT2D eigenvalue weighted by atomic mass is 79.9. The van der Waals surface area contributed by atoms with Gasteiger partial charge in [-0.2, -0.15) is 0 Å². The standard InChI is InChI=1S/C21H23BrN2O7/c1-4-21(5-2)19(27)24(20(28)23-21)10-16(25)30-11-14-13-9-12(22)7-8-15(13)31-17(14)18(26)29-6-3/h7-9H,4-6,10-11H2,1-3H3,(H,23,28). The first kappa shape index (κ1) is 22.8. The molecule has 10 heteroatoms. The highest BCUT2D eigenvalue weighted by Gasteiger charge is 2.49. The van der Waals surface area contributed by atoms with Gasteiger partial charge in [-0.1, -0.05) is 29.8 Å². The molecule has 0 bridgehead atoms. The summed E-state index contributed by atoms with van der Waals surface area (Å²) in [6, 6.07) is 4.53. The predicted molar refractivity (Wildman–Crippen MR) is 113 cm³/mol. The van der Waals surface area contributed by atoms with E-state index in [-0.39, 0.29) is 19.0 Å². The largest absolute Gasteiger partial charge is 0.460 e. The summed E-state index contributed by atoms with van der Waals surface area (Å²) in [5.41, 5.74) is -0.222. The van der Waals surface area contributed by atoms with Crippen molar-refractivity contribution in [2.24, 2.45) is 0 Å². The molecule has 1 aromatic carbocycles. The number of fused-ring (bicyclic) bond motifs is 1. The fraction of sp³-hybridized carbons (Fsp3) is 0.429. The summed E-state index contributed by atoms with van der Waals surface area (Å²) in [6.07, 6.45) is 0.830. The van der Waals surface area contributed by atoms with Crippen molar-refractivity contribution in [3.05, 3.63) is 34.0 Å². The van der Waals surface area contributed by atoms with Gasteiger partial charge in [-0.25, -0.2) is 9.59 Å². The van der Waals surface area contributed by atoms with Crippen molar-refractivity contribution in [3.63, 3.8) is 0 Å². The maximum absolute atomic E-state index is 12.6. The number of hydrogen-bond donors (Lipinski definition) is 1. The summed E-state index contributed by atoms with van der Waals surface area (Å²) in [6.45, 7) is 4.60. The molecule has 0 saturated carbocycles. The Kier molecular flexibility index (Phi) is 6.68. The summed E-state index contributed by atoms with van der Waals surface area (Å²) in [5, 5.41) is 3.24. The number of urea groups is 1. The number of nitrogens with zero attached hydrogens (tertiary/aromatic N) is 1. The Morgan fingerprint density at radius 3 is 2.48 bits per heavy atom. The zero-order chi connectivity index (χ0) is 22.8. The second kappa shape index (κ2) is 9.09. The molecule has 1 N–H and O–H groups in total. The van der Waals surface area contributed by atoms with E-state index in [1.54, 1.807) is 39.0 Å². The SMILES string of the molecule is CCOC(=O)c1oc2ccc(Br)cc2c1COC(=O)CN1C(=O)NC(CC)(CC)C1=O. The Morgan fingerprint density at radius 1 is 1.16 bits per heavy atom. The van der Waals surface area contributed by atoms with Crippen molar-refractivity contribution < 1.29 is 33.1 Å². The third-order valence-electron chi connectivity index (χ3n) is 5.33. The van der Waals surface area contributed by atoms with Gasteiger partial charge in [-0.15, -0.1) is 0 Å². The van der Waals surface area contributed by atoms with Gasteiger partial charge in [0.2, 0.25) is 5.76 Å². The Hall–Kier alpha value is -2.88. The molecular weight excluding hydrogens is 472 g/mol. The van der Waals surface area contributed by atoms with E-state index >= 15 is 0 Å². The molecule has 1 aliphatic rings. The third kappa shape index (κ3) is 4.30. The summed E-state index contributed by atoms with van der Waals surface area (Å²) in [4.78, 5) is 50.4. The van der Waals surface area contributed by atoms with E-state index in [1.165, 1.54) is 0 Å². The second-order valence-corrected chi connectivity index (χ2v) is 7.96. The van der Waals surface area contributed by atoms with Crippen LogP contribution in [0.3, 0.4) is 0 Å². The molecule has 31 heavy (non-hydrogen) atoms. The fourth-order valence-corrected chi connectivity index (χ4v) is 3.86. The first-order valence-corrected chi connectivity index (χ1v) is 10.7. The van der Waals surface area contributed by atoms with Crippen molar-refractivity contribution in [2.45, 2.75) is 45.8 Å². The van der Waals surface area contributed by atoms with E-state index < -0.39 is 36.0 Å². The van der Waals surface area contributed by atoms with E-state index in [0.29, 0.717) is 29.4 Å². The lowest BCUT2D eigenvalue weighted by Crippen LogP contribution is -2.46. The molecule has 0 atom stereocenters. The molecule has 1 fully saturated rings. The minimum absolute atomic E-state index is 0.0614. The van der Waals surface area contributed by atoms with Gasteiger partial charge in [0.15, 0.2) is 0 Å². The number of hydrogen-bond acceptors (Lipinski definition) is 7. The van der Waals surface area contributed by atoms with Crippen LogP contribution in [-0.4, -0.2) is 47.5 Å². The fourth-order valence-electron chi connectivity index (χ4n) is 3.50. The van der Waals surface area contributed by atoms with Crippen LogP contribution in [0.4, 0.5) is 4.79 Å². The molecule has 0 aliphatic carbocycles. The number of carbonyl (C=O) groups excluding carboxylic acids is 4. The van der Waals surface area contributed by atoms with Gasteiger partial charge >= 0.3 is 18.0 Å². The monoisotopic (exact) mass is 494 g/mol. The maximum Gasteiger partial charge on any atom is 0.374 e. The first-order chi connectivity index (χ1) is 14.8. The molecule has 0 spiro atoms. The van der Waals surface area contributed by atoms with E-state index in [9.17, 15) is 19.2 Å². The lowest BCUT2D eigenvalue weighted by molar-refractivity contribution is -0.148. The molecule has 2 aromatic rings. The molecule has 166 valence electrons. The van der Waals surface area contributed by atoms with Crippen LogP contribution in [0.1, 0.15) is 49.7 Å². The molecule has 3 rings (SSSR count). The molecule has 9 nitrogen and oxygen atoms in total. The average Bonchev–Trinajstić information content (AvgIpc) is 3.22. The zero-order valence-electron chi connectivity index (χ0n) is 17.5. The van der Waals surface area contributed by atoms with Crippen LogP contribution in [-0.2, 0) is 25.7 Å². The van der Waals surface area contributed by atoms with Crippen molar-refractivity contribution in [2.75, 3.05) is 13.2 Å². The van der Waals surface area contributed by atoms with Crippen LogP contribution in [0.25, 0.3) is 11.0 Å². The van der Waals surface area contributed by atoms with Crippen LogP contribution >= 0.6 is 15.9 Å². The molecule has 0 unspecified atom stereocenters. The van der Waals surface area contributed by atoms with E-state index in [2.05, 4.69) is 21.2 Å². The van der Waals surface area contributed by atoms with Crippen LogP contribution in [0.2, 0.25) is 0 Å². The summed E-state index contributed by atoms with van der Waals surface area (Å²) < 4.78 is 16.7. The zero-order valence-corrected chi connectivity index (χ0v) is 19.0. The van der Waals surface area contributed by atoms with Gasteiger partial charge in [0.25, 0.3) is 5.91 Å². The number of halogens is 1. The number of carbonyl (C=O) groups is 4. The Balaban J connectivity index is 1.78. The van der Waals surface area contributed by atoms with E-state index in [0.717, 1.165) is 9.37 Å². The number of esters is 2. The van der Waals surface area contributed by atoms with Gasteiger partial charge in [0.05, 0.1) is 12.2 Å². The van der Waals surface area contributed by atoms with E-state index in [1.807, 2.05) is 0 Å². The van der Waals surface area contributed by atoms with Crippen molar-refractivity contribution in [3.8, 4) is 0 Å². The number of ether oxygens (including phenoxy) is 2. The summed E-state index contributed by atoms with van der Waals surface area (Å²) in [5.74, 6) is -1.98. The predicted octanol–water partition coefficient (Wildman–Crippen LogP) is 3.53. The Labute approximate surface area is 187 Å². The molecule has 0 radical (unpaired) electrons. The topological polar surface area (TPSA) is 115 Å². The Morgan fingerprint density at radius 2 is 1.87 bits per heavy atom. The van der Waals surface area contributed by atoms with Gasteiger partial charge in [-0.3, -0.25) is 14.5 Å². The highest BCUT2D eigenvalue weighted by molar-refractivity contribution is 9.10.